The van der Waals surface area contributed by atoms with Crippen LogP contribution in [0.5, 0.6) is 0 Å². The second-order valence-corrected chi connectivity index (χ2v) is 6.92. The average molecular weight is 307 g/mol. The van der Waals surface area contributed by atoms with E-state index in [1.165, 1.54) is 38.0 Å². The van der Waals surface area contributed by atoms with Crippen LogP contribution in [0.3, 0.4) is 0 Å². The Hall–Kier alpha value is -0.910. The molecule has 0 radical (unpaired) electrons. The molecule has 1 atom stereocenters. The van der Waals surface area contributed by atoms with E-state index in [9.17, 15) is 5.11 Å². The number of β-amino-alcohol motifs (C(OH)–C–C–N with tert-alkyl or cyclic N) is 1. The number of hydrogen-bond acceptors (Lipinski definition) is 5. The summed E-state index contributed by atoms with van der Waals surface area (Å²) in [4.78, 5) is 5.07. The molecule has 0 amide bonds. The van der Waals surface area contributed by atoms with Crippen molar-refractivity contribution < 1.29 is 9.63 Å². The van der Waals surface area contributed by atoms with Gasteiger partial charge in [0, 0.05) is 24.7 Å². The molecule has 5 heteroatoms. The van der Waals surface area contributed by atoms with Crippen LogP contribution in [-0.2, 0) is 6.42 Å². The number of aliphatic hydroxyl groups is 1. The highest BCUT2D eigenvalue weighted by Crippen LogP contribution is 2.22. The van der Waals surface area contributed by atoms with Gasteiger partial charge in [-0.3, -0.25) is 4.90 Å². The minimum absolute atomic E-state index is 0.105. The van der Waals surface area contributed by atoms with Crippen molar-refractivity contribution in [2.24, 2.45) is 0 Å². The van der Waals surface area contributed by atoms with Gasteiger partial charge < -0.3 is 14.5 Å². The molecule has 1 N–H and O–H groups in total. The average Bonchev–Trinajstić information content (AvgIpc) is 2.84. The largest absolute Gasteiger partial charge is 0.392 e. The van der Waals surface area contributed by atoms with Crippen molar-refractivity contribution >= 4 is 0 Å². The maximum atomic E-state index is 9.84. The molecular formula is C17H29N3O2. The molecule has 1 aromatic rings. The fourth-order valence-electron chi connectivity index (χ4n) is 3.95. The third-order valence-corrected chi connectivity index (χ3v) is 5.36. The van der Waals surface area contributed by atoms with Gasteiger partial charge in [0.1, 0.15) is 5.76 Å². The lowest BCUT2D eigenvalue weighted by atomic mass is 9.98. The van der Waals surface area contributed by atoms with Crippen molar-refractivity contribution in [1.82, 2.24) is 15.0 Å². The van der Waals surface area contributed by atoms with Crippen LogP contribution in [0.2, 0.25) is 0 Å². The van der Waals surface area contributed by atoms with Crippen molar-refractivity contribution in [3.05, 3.63) is 17.0 Å². The zero-order chi connectivity index (χ0) is 15.5. The number of piperidine rings is 2. The van der Waals surface area contributed by atoms with Gasteiger partial charge in [0.05, 0.1) is 11.8 Å². The van der Waals surface area contributed by atoms with Crippen LogP contribution < -0.4 is 0 Å². The molecular weight excluding hydrogens is 278 g/mol. The third kappa shape index (κ3) is 3.70. The summed E-state index contributed by atoms with van der Waals surface area (Å²) in [5, 5.41) is 13.9. The van der Waals surface area contributed by atoms with Crippen LogP contribution in [0, 0.1) is 13.8 Å². The highest BCUT2D eigenvalue weighted by molar-refractivity contribution is 5.21. The van der Waals surface area contributed by atoms with Gasteiger partial charge in [-0.2, -0.15) is 0 Å². The van der Waals surface area contributed by atoms with Gasteiger partial charge in [0.25, 0.3) is 0 Å². The van der Waals surface area contributed by atoms with Crippen molar-refractivity contribution in [3.8, 4) is 0 Å². The predicted octanol–water partition coefficient (Wildman–Crippen LogP) is 1.76. The van der Waals surface area contributed by atoms with Crippen molar-refractivity contribution in [1.29, 1.82) is 0 Å². The zero-order valence-corrected chi connectivity index (χ0v) is 13.9. The van der Waals surface area contributed by atoms with Gasteiger partial charge in [-0.05, 0) is 65.6 Å². The van der Waals surface area contributed by atoms with Crippen molar-refractivity contribution in [3.63, 3.8) is 0 Å². The summed E-state index contributed by atoms with van der Waals surface area (Å²) in [7, 11) is 0. The number of likely N-dealkylation sites (tertiary alicyclic amines) is 2. The smallest absolute Gasteiger partial charge is 0.137 e. The SMILES string of the molecule is Cc1noc(C)c1CCN1CCC(N2CCCC(O)C2)CC1. The molecule has 0 aromatic carbocycles. The fraction of sp³-hybridized carbons (Fsp3) is 0.824. The van der Waals surface area contributed by atoms with E-state index in [1.807, 2.05) is 13.8 Å². The highest BCUT2D eigenvalue weighted by Gasteiger charge is 2.28. The lowest BCUT2D eigenvalue weighted by Gasteiger charge is -2.41. The zero-order valence-electron chi connectivity index (χ0n) is 13.9. The van der Waals surface area contributed by atoms with Crippen LogP contribution in [0.4, 0.5) is 0 Å². The Balaban J connectivity index is 1.44. The van der Waals surface area contributed by atoms with Crippen LogP contribution in [0.15, 0.2) is 4.52 Å². The van der Waals surface area contributed by atoms with Gasteiger partial charge in [-0.25, -0.2) is 0 Å². The second-order valence-electron chi connectivity index (χ2n) is 6.92. The first kappa shape index (κ1) is 16.0. The molecule has 2 saturated heterocycles. The van der Waals surface area contributed by atoms with E-state index < -0.39 is 0 Å². The highest BCUT2D eigenvalue weighted by atomic mass is 16.5. The Bertz CT molecular complexity index is 461. The van der Waals surface area contributed by atoms with E-state index in [1.54, 1.807) is 0 Å². The number of aromatic nitrogens is 1. The molecule has 2 aliphatic heterocycles. The van der Waals surface area contributed by atoms with Crippen LogP contribution in [0.1, 0.15) is 42.7 Å². The molecule has 22 heavy (non-hydrogen) atoms. The molecule has 2 fully saturated rings. The topological polar surface area (TPSA) is 52.7 Å². The van der Waals surface area contributed by atoms with Gasteiger partial charge in [-0.1, -0.05) is 5.16 Å². The summed E-state index contributed by atoms with van der Waals surface area (Å²) >= 11 is 0. The van der Waals surface area contributed by atoms with Crippen molar-refractivity contribution in [2.75, 3.05) is 32.7 Å². The summed E-state index contributed by atoms with van der Waals surface area (Å²) in [5.41, 5.74) is 2.32. The number of nitrogens with zero attached hydrogens (tertiary/aromatic N) is 3. The van der Waals surface area contributed by atoms with Crippen LogP contribution in [-0.4, -0.2) is 64.9 Å². The molecule has 3 heterocycles. The molecule has 1 aromatic heterocycles. The Kier molecular flexibility index (Phi) is 5.16. The van der Waals surface area contributed by atoms with E-state index in [0.29, 0.717) is 6.04 Å². The monoisotopic (exact) mass is 307 g/mol. The normalized spacial score (nSPS) is 25.7. The van der Waals surface area contributed by atoms with Gasteiger partial charge in [0.2, 0.25) is 0 Å². The minimum Gasteiger partial charge on any atom is -0.392 e. The van der Waals surface area contributed by atoms with Gasteiger partial charge >= 0.3 is 0 Å². The summed E-state index contributed by atoms with van der Waals surface area (Å²) in [6.07, 6.45) is 5.52. The molecule has 0 saturated carbocycles. The first-order chi connectivity index (χ1) is 10.6. The maximum Gasteiger partial charge on any atom is 0.137 e. The Morgan fingerprint density at radius 2 is 1.95 bits per heavy atom. The van der Waals surface area contributed by atoms with E-state index in [4.69, 9.17) is 4.52 Å². The molecule has 1 unspecified atom stereocenters. The minimum atomic E-state index is -0.105. The predicted molar refractivity (Wildman–Crippen MR) is 86.0 cm³/mol. The van der Waals surface area contributed by atoms with Gasteiger partial charge in [0.15, 0.2) is 0 Å². The summed E-state index contributed by atoms with van der Waals surface area (Å²) in [5.74, 6) is 0.967. The lowest BCUT2D eigenvalue weighted by molar-refractivity contribution is 0.0254. The Morgan fingerprint density at radius 1 is 1.18 bits per heavy atom. The molecule has 3 rings (SSSR count). The van der Waals surface area contributed by atoms with Crippen molar-refractivity contribution in [2.45, 2.75) is 58.1 Å². The summed E-state index contributed by atoms with van der Waals surface area (Å²) < 4.78 is 5.24. The molecule has 2 aliphatic rings. The quantitative estimate of drug-likeness (QED) is 0.918. The molecule has 0 spiro atoms. The first-order valence-corrected chi connectivity index (χ1v) is 8.69. The van der Waals surface area contributed by atoms with E-state index >= 15 is 0 Å². The van der Waals surface area contributed by atoms with E-state index in [2.05, 4.69) is 15.0 Å². The lowest BCUT2D eigenvalue weighted by Crippen LogP contribution is -2.49. The first-order valence-electron chi connectivity index (χ1n) is 8.69. The number of hydrogen-bond donors (Lipinski definition) is 1. The number of aliphatic hydroxyl groups excluding tert-OH is 1. The molecule has 0 aliphatic carbocycles. The summed E-state index contributed by atoms with van der Waals surface area (Å²) in [6.45, 7) is 9.51. The molecule has 0 bridgehead atoms. The molecule has 124 valence electrons. The standard InChI is InChI=1S/C17H29N3O2/c1-13-17(14(2)22-18-13)7-11-19-9-5-15(6-10-19)20-8-3-4-16(21)12-20/h15-16,21H,3-12H2,1-2H3. The summed E-state index contributed by atoms with van der Waals surface area (Å²) in [6, 6.07) is 0.672. The Labute approximate surface area is 133 Å². The fourth-order valence-corrected chi connectivity index (χ4v) is 3.95. The van der Waals surface area contributed by atoms with E-state index in [-0.39, 0.29) is 6.10 Å². The third-order valence-electron chi connectivity index (χ3n) is 5.36. The Morgan fingerprint density at radius 3 is 2.59 bits per heavy atom. The van der Waals surface area contributed by atoms with Gasteiger partial charge in [-0.15, -0.1) is 0 Å². The van der Waals surface area contributed by atoms with Crippen LogP contribution in [0.25, 0.3) is 0 Å². The second kappa shape index (κ2) is 7.11. The molecule has 5 nitrogen and oxygen atoms in total. The van der Waals surface area contributed by atoms with Crippen LogP contribution >= 0.6 is 0 Å². The number of rotatable bonds is 4. The van der Waals surface area contributed by atoms with E-state index in [0.717, 1.165) is 43.8 Å². The maximum absolute atomic E-state index is 9.84. The number of aryl methyl sites for hydroxylation is 2.